The average molecular weight is 259 g/mol. The van der Waals surface area contributed by atoms with Crippen LogP contribution in [0.4, 0.5) is 0 Å². The third kappa shape index (κ3) is 2.79. The van der Waals surface area contributed by atoms with Gasteiger partial charge < -0.3 is 10.1 Å². The van der Waals surface area contributed by atoms with Crippen LogP contribution in [0.2, 0.25) is 0 Å². The van der Waals surface area contributed by atoms with Crippen LogP contribution in [0, 0.1) is 12.8 Å². The van der Waals surface area contributed by atoms with Crippen LogP contribution in [0.5, 0.6) is 5.75 Å². The predicted molar refractivity (Wildman–Crippen MR) is 78.6 cm³/mol. The lowest BCUT2D eigenvalue weighted by atomic mass is 9.99. The molecule has 0 amide bonds. The standard InChI is InChI=1S/C17H25NO/c1-3-6-13-11-16(13)18-15-9-5-10-19-17-12(2)7-4-8-14(15)17/h4,7-8,13,15-16,18H,3,5-6,9-11H2,1-2H3. The molecule has 104 valence electrons. The van der Waals surface area contributed by atoms with Crippen molar-refractivity contribution in [1.29, 1.82) is 0 Å². The summed E-state index contributed by atoms with van der Waals surface area (Å²) in [5.41, 5.74) is 2.65. The first kappa shape index (κ1) is 13.0. The van der Waals surface area contributed by atoms with E-state index in [2.05, 4.69) is 37.4 Å². The van der Waals surface area contributed by atoms with Gasteiger partial charge in [0.2, 0.25) is 0 Å². The Bertz CT molecular complexity index is 443. The molecule has 2 aliphatic rings. The summed E-state index contributed by atoms with van der Waals surface area (Å²) < 4.78 is 5.95. The largest absolute Gasteiger partial charge is 0.493 e. The van der Waals surface area contributed by atoms with Crippen LogP contribution in [-0.4, -0.2) is 12.6 Å². The van der Waals surface area contributed by atoms with Gasteiger partial charge in [-0.05, 0) is 44.1 Å². The molecule has 0 aromatic heterocycles. The number of ether oxygens (including phenoxy) is 1. The van der Waals surface area contributed by atoms with Crippen LogP contribution in [0.1, 0.15) is 56.2 Å². The summed E-state index contributed by atoms with van der Waals surface area (Å²) in [4.78, 5) is 0. The van der Waals surface area contributed by atoms with Gasteiger partial charge in [0.15, 0.2) is 0 Å². The first-order valence-electron chi connectivity index (χ1n) is 7.78. The van der Waals surface area contributed by atoms with E-state index in [9.17, 15) is 0 Å². The molecule has 1 aromatic carbocycles. The lowest BCUT2D eigenvalue weighted by molar-refractivity contribution is 0.313. The number of fused-ring (bicyclic) bond motifs is 1. The molecule has 2 heteroatoms. The van der Waals surface area contributed by atoms with Gasteiger partial charge in [0.25, 0.3) is 0 Å². The number of para-hydroxylation sites is 1. The molecule has 1 fully saturated rings. The highest BCUT2D eigenvalue weighted by atomic mass is 16.5. The van der Waals surface area contributed by atoms with E-state index >= 15 is 0 Å². The van der Waals surface area contributed by atoms with Gasteiger partial charge in [0, 0.05) is 17.6 Å². The smallest absolute Gasteiger partial charge is 0.126 e. The van der Waals surface area contributed by atoms with Crippen LogP contribution in [0.3, 0.4) is 0 Å². The van der Waals surface area contributed by atoms with E-state index in [1.165, 1.54) is 36.8 Å². The van der Waals surface area contributed by atoms with E-state index in [0.29, 0.717) is 6.04 Å². The van der Waals surface area contributed by atoms with Crippen LogP contribution in [0.25, 0.3) is 0 Å². The van der Waals surface area contributed by atoms with Gasteiger partial charge >= 0.3 is 0 Å². The summed E-state index contributed by atoms with van der Waals surface area (Å²) >= 11 is 0. The second kappa shape index (κ2) is 5.54. The van der Waals surface area contributed by atoms with Gasteiger partial charge in [-0.3, -0.25) is 0 Å². The lowest BCUT2D eigenvalue weighted by Crippen LogP contribution is -2.24. The molecule has 0 radical (unpaired) electrons. The second-order valence-corrected chi connectivity index (χ2v) is 6.09. The first-order valence-corrected chi connectivity index (χ1v) is 7.78. The van der Waals surface area contributed by atoms with E-state index in [1.807, 2.05) is 0 Å². The molecule has 1 heterocycles. The minimum atomic E-state index is 0.490. The maximum Gasteiger partial charge on any atom is 0.126 e. The number of rotatable bonds is 4. The van der Waals surface area contributed by atoms with Crippen LogP contribution in [0.15, 0.2) is 18.2 Å². The van der Waals surface area contributed by atoms with Gasteiger partial charge in [-0.25, -0.2) is 0 Å². The number of benzene rings is 1. The van der Waals surface area contributed by atoms with E-state index in [-0.39, 0.29) is 0 Å². The SMILES string of the molecule is CCCC1CC1NC1CCCOc2c(C)cccc21. The minimum Gasteiger partial charge on any atom is -0.493 e. The molecule has 0 bridgehead atoms. The van der Waals surface area contributed by atoms with Crippen molar-refractivity contribution < 1.29 is 4.74 Å². The molecule has 0 spiro atoms. The van der Waals surface area contributed by atoms with E-state index in [1.54, 1.807) is 0 Å². The Morgan fingerprint density at radius 1 is 1.37 bits per heavy atom. The van der Waals surface area contributed by atoms with Crippen molar-refractivity contribution >= 4 is 0 Å². The molecule has 1 aliphatic heterocycles. The molecule has 3 rings (SSSR count). The van der Waals surface area contributed by atoms with Crippen LogP contribution in [-0.2, 0) is 0 Å². The third-order valence-corrected chi connectivity index (χ3v) is 4.50. The second-order valence-electron chi connectivity index (χ2n) is 6.09. The van der Waals surface area contributed by atoms with Crippen molar-refractivity contribution in [3.63, 3.8) is 0 Å². The zero-order valence-corrected chi connectivity index (χ0v) is 12.1. The average Bonchev–Trinajstić information content (AvgIpc) is 3.16. The molecule has 19 heavy (non-hydrogen) atoms. The summed E-state index contributed by atoms with van der Waals surface area (Å²) in [6, 6.07) is 7.79. The van der Waals surface area contributed by atoms with Crippen LogP contribution >= 0.6 is 0 Å². The topological polar surface area (TPSA) is 21.3 Å². The fourth-order valence-electron chi connectivity index (χ4n) is 3.34. The van der Waals surface area contributed by atoms with Gasteiger partial charge in [-0.2, -0.15) is 0 Å². The van der Waals surface area contributed by atoms with Gasteiger partial charge in [0.05, 0.1) is 6.61 Å². The predicted octanol–water partition coefficient (Wildman–Crippen LogP) is 3.99. The molecule has 1 aliphatic carbocycles. The lowest BCUT2D eigenvalue weighted by Gasteiger charge is -2.19. The van der Waals surface area contributed by atoms with Crippen molar-refractivity contribution in [2.75, 3.05) is 6.61 Å². The highest BCUT2D eigenvalue weighted by molar-refractivity contribution is 5.43. The molecule has 1 saturated carbocycles. The number of hydrogen-bond donors (Lipinski definition) is 1. The Hall–Kier alpha value is -1.02. The number of aryl methyl sites for hydroxylation is 1. The molecule has 3 atom stereocenters. The summed E-state index contributed by atoms with van der Waals surface area (Å²) in [6.07, 6.45) is 6.41. The summed E-state index contributed by atoms with van der Waals surface area (Å²) in [6.45, 7) is 5.30. The van der Waals surface area contributed by atoms with Crippen molar-refractivity contribution in [3.8, 4) is 5.75 Å². The Morgan fingerprint density at radius 2 is 2.26 bits per heavy atom. The maximum atomic E-state index is 5.95. The van der Waals surface area contributed by atoms with Crippen molar-refractivity contribution in [3.05, 3.63) is 29.3 Å². The Labute approximate surface area is 116 Å². The third-order valence-electron chi connectivity index (χ3n) is 4.50. The quantitative estimate of drug-likeness (QED) is 0.883. The Morgan fingerprint density at radius 3 is 3.11 bits per heavy atom. The van der Waals surface area contributed by atoms with E-state index in [4.69, 9.17) is 4.74 Å². The molecule has 1 aromatic rings. The van der Waals surface area contributed by atoms with Crippen molar-refractivity contribution in [2.45, 2.75) is 58.0 Å². The molecule has 0 saturated heterocycles. The van der Waals surface area contributed by atoms with Gasteiger partial charge in [-0.1, -0.05) is 31.5 Å². The highest BCUT2D eigenvalue weighted by Crippen LogP contribution is 2.40. The normalized spacial score (nSPS) is 29.3. The molecule has 3 unspecified atom stereocenters. The molecular formula is C17H25NO. The summed E-state index contributed by atoms with van der Waals surface area (Å²) in [5.74, 6) is 2.05. The van der Waals surface area contributed by atoms with Crippen molar-refractivity contribution in [2.24, 2.45) is 5.92 Å². The zero-order chi connectivity index (χ0) is 13.2. The van der Waals surface area contributed by atoms with Gasteiger partial charge in [0.1, 0.15) is 5.75 Å². The van der Waals surface area contributed by atoms with Crippen LogP contribution < -0.4 is 10.1 Å². The summed E-state index contributed by atoms with van der Waals surface area (Å²) in [5, 5.41) is 3.87. The molecule has 1 N–H and O–H groups in total. The number of hydrogen-bond acceptors (Lipinski definition) is 2. The first-order chi connectivity index (χ1) is 9.29. The molecular weight excluding hydrogens is 234 g/mol. The van der Waals surface area contributed by atoms with E-state index in [0.717, 1.165) is 30.7 Å². The zero-order valence-electron chi connectivity index (χ0n) is 12.1. The minimum absolute atomic E-state index is 0.490. The van der Waals surface area contributed by atoms with Gasteiger partial charge in [-0.15, -0.1) is 0 Å². The Balaban J connectivity index is 1.74. The maximum absolute atomic E-state index is 5.95. The highest BCUT2D eigenvalue weighted by Gasteiger charge is 2.38. The van der Waals surface area contributed by atoms with E-state index < -0.39 is 0 Å². The Kier molecular flexibility index (Phi) is 3.79. The fourth-order valence-corrected chi connectivity index (χ4v) is 3.34. The fraction of sp³-hybridized carbons (Fsp3) is 0.647. The monoisotopic (exact) mass is 259 g/mol. The van der Waals surface area contributed by atoms with Crippen molar-refractivity contribution in [1.82, 2.24) is 5.32 Å². The summed E-state index contributed by atoms with van der Waals surface area (Å²) in [7, 11) is 0. The number of nitrogens with one attached hydrogen (secondary N) is 1. The molecule has 2 nitrogen and oxygen atoms in total.